The van der Waals surface area contributed by atoms with Crippen LogP contribution in [0, 0.1) is 12.7 Å². The van der Waals surface area contributed by atoms with Crippen molar-refractivity contribution in [2.24, 2.45) is 0 Å². The second kappa shape index (κ2) is 5.56. The maximum absolute atomic E-state index is 13.6. The SMILES string of the molecule is CCOc1nc(Oc2cc(C)ccc2F)ccc1N. The number of halogens is 1. The van der Waals surface area contributed by atoms with Gasteiger partial charge < -0.3 is 15.2 Å². The molecule has 0 saturated heterocycles. The third-order valence-corrected chi connectivity index (χ3v) is 2.45. The molecule has 19 heavy (non-hydrogen) atoms. The lowest BCUT2D eigenvalue weighted by Gasteiger charge is -2.10. The molecule has 4 nitrogen and oxygen atoms in total. The summed E-state index contributed by atoms with van der Waals surface area (Å²) < 4.78 is 24.2. The Balaban J connectivity index is 2.28. The first kappa shape index (κ1) is 13.1. The van der Waals surface area contributed by atoms with Gasteiger partial charge in [-0.1, -0.05) is 6.07 Å². The van der Waals surface area contributed by atoms with Crippen LogP contribution in [0.3, 0.4) is 0 Å². The van der Waals surface area contributed by atoms with Crippen LogP contribution in [-0.2, 0) is 0 Å². The van der Waals surface area contributed by atoms with Crippen LogP contribution in [-0.4, -0.2) is 11.6 Å². The van der Waals surface area contributed by atoms with Crippen molar-refractivity contribution in [2.75, 3.05) is 12.3 Å². The molecule has 0 saturated carbocycles. The van der Waals surface area contributed by atoms with Crippen molar-refractivity contribution in [3.63, 3.8) is 0 Å². The van der Waals surface area contributed by atoms with Crippen LogP contribution < -0.4 is 15.2 Å². The van der Waals surface area contributed by atoms with Gasteiger partial charge in [-0.3, -0.25) is 0 Å². The number of aromatic nitrogens is 1. The number of anilines is 1. The van der Waals surface area contributed by atoms with Crippen molar-refractivity contribution < 1.29 is 13.9 Å². The van der Waals surface area contributed by atoms with Gasteiger partial charge in [0.05, 0.1) is 12.3 Å². The van der Waals surface area contributed by atoms with Crippen LogP contribution in [0.25, 0.3) is 0 Å². The van der Waals surface area contributed by atoms with E-state index in [-0.39, 0.29) is 17.5 Å². The van der Waals surface area contributed by atoms with Crippen LogP contribution in [0.2, 0.25) is 0 Å². The second-order valence-corrected chi connectivity index (χ2v) is 4.01. The number of hydrogen-bond donors (Lipinski definition) is 1. The van der Waals surface area contributed by atoms with Gasteiger partial charge >= 0.3 is 0 Å². The first-order valence-electron chi connectivity index (χ1n) is 5.93. The van der Waals surface area contributed by atoms with Crippen LogP contribution in [0.4, 0.5) is 10.1 Å². The zero-order chi connectivity index (χ0) is 13.8. The molecule has 0 unspecified atom stereocenters. The number of nitrogens with two attached hydrogens (primary N) is 1. The van der Waals surface area contributed by atoms with Gasteiger partial charge in [-0.25, -0.2) is 4.39 Å². The maximum Gasteiger partial charge on any atom is 0.240 e. The Labute approximate surface area is 111 Å². The Hall–Kier alpha value is -2.30. The molecule has 1 heterocycles. The second-order valence-electron chi connectivity index (χ2n) is 4.01. The highest BCUT2D eigenvalue weighted by Crippen LogP contribution is 2.28. The summed E-state index contributed by atoms with van der Waals surface area (Å²) in [7, 11) is 0. The van der Waals surface area contributed by atoms with Crippen LogP contribution in [0.1, 0.15) is 12.5 Å². The van der Waals surface area contributed by atoms with E-state index in [1.54, 1.807) is 24.3 Å². The molecule has 100 valence electrons. The van der Waals surface area contributed by atoms with E-state index in [9.17, 15) is 4.39 Å². The predicted octanol–water partition coefficient (Wildman–Crippen LogP) is 3.30. The summed E-state index contributed by atoms with van der Waals surface area (Å²) in [6, 6.07) is 7.81. The number of ether oxygens (including phenoxy) is 2. The van der Waals surface area contributed by atoms with Crippen LogP contribution >= 0.6 is 0 Å². The summed E-state index contributed by atoms with van der Waals surface area (Å²) in [4.78, 5) is 4.09. The van der Waals surface area contributed by atoms with Crippen molar-refractivity contribution >= 4 is 5.69 Å². The van der Waals surface area contributed by atoms with Gasteiger partial charge in [-0.05, 0) is 37.6 Å². The third kappa shape index (κ3) is 3.13. The van der Waals surface area contributed by atoms with Gasteiger partial charge in [0.2, 0.25) is 11.8 Å². The highest BCUT2D eigenvalue weighted by molar-refractivity contribution is 5.49. The van der Waals surface area contributed by atoms with E-state index in [0.717, 1.165) is 5.56 Å². The summed E-state index contributed by atoms with van der Waals surface area (Å²) in [5, 5.41) is 0. The molecule has 0 aliphatic heterocycles. The monoisotopic (exact) mass is 262 g/mol. The fourth-order valence-corrected chi connectivity index (χ4v) is 1.54. The first-order valence-corrected chi connectivity index (χ1v) is 5.93. The summed E-state index contributed by atoms with van der Waals surface area (Å²) in [5.74, 6) is 0.206. The molecule has 0 bridgehead atoms. The van der Waals surface area contributed by atoms with E-state index >= 15 is 0 Å². The molecule has 1 aromatic carbocycles. The van der Waals surface area contributed by atoms with Gasteiger partial charge in [-0.15, -0.1) is 0 Å². The molecule has 0 radical (unpaired) electrons. The molecule has 0 amide bonds. The molecule has 2 aromatic rings. The van der Waals surface area contributed by atoms with Gasteiger partial charge in [-0.2, -0.15) is 4.98 Å². The predicted molar refractivity (Wildman–Crippen MR) is 71.0 cm³/mol. The number of aryl methyl sites for hydroxylation is 1. The normalized spacial score (nSPS) is 10.3. The number of nitrogen functional groups attached to an aromatic ring is 1. The fourth-order valence-electron chi connectivity index (χ4n) is 1.54. The molecule has 0 spiro atoms. The van der Waals surface area contributed by atoms with Crippen molar-refractivity contribution in [1.29, 1.82) is 0 Å². The number of hydrogen-bond acceptors (Lipinski definition) is 4. The van der Waals surface area contributed by atoms with Crippen molar-refractivity contribution in [2.45, 2.75) is 13.8 Å². The highest BCUT2D eigenvalue weighted by atomic mass is 19.1. The van der Waals surface area contributed by atoms with E-state index in [2.05, 4.69) is 4.98 Å². The number of pyridine rings is 1. The van der Waals surface area contributed by atoms with Crippen LogP contribution in [0.5, 0.6) is 17.5 Å². The van der Waals surface area contributed by atoms with E-state index in [4.69, 9.17) is 15.2 Å². The molecule has 1 aromatic heterocycles. The van der Waals surface area contributed by atoms with Crippen molar-refractivity contribution in [3.05, 3.63) is 41.7 Å². The Bertz CT molecular complexity index is 588. The molecular weight excluding hydrogens is 247 g/mol. The third-order valence-electron chi connectivity index (χ3n) is 2.45. The Morgan fingerprint density at radius 1 is 1.26 bits per heavy atom. The van der Waals surface area contributed by atoms with E-state index < -0.39 is 5.82 Å². The van der Waals surface area contributed by atoms with Crippen LogP contribution in [0.15, 0.2) is 30.3 Å². The minimum atomic E-state index is -0.442. The summed E-state index contributed by atoms with van der Waals surface area (Å²) in [5.41, 5.74) is 7.02. The quantitative estimate of drug-likeness (QED) is 0.918. The number of benzene rings is 1. The van der Waals surface area contributed by atoms with Gasteiger partial charge in [0.1, 0.15) is 0 Å². The van der Waals surface area contributed by atoms with Crippen molar-refractivity contribution in [3.8, 4) is 17.5 Å². The first-order chi connectivity index (χ1) is 9.10. The minimum Gasteiger partial charge on any atom is -0.476 e. The standard InChI is InChI=1S/C14H15FN2O2/c1-3-18-14-11(16)6-7-13(17-14)19-12-8-9(2)4-5-10(12)15/h4-8H,3,16H2,1-2H3. The lowest BCUT2D eigenvalue weighted by Crippen LogP contribution is -2.01. The zero-order valence-corrected chi connectivity index (χ0v) is 10.8. The lowest BCUT2D eigenvalue weighted by atomic mass is 10.2. The Morgan fingerprint density at radius 3 is 2.79 bits per heavy atom. The van der Waals surface area contributed by atoms with E-state index in [0.29, 0.717) is 12.3 Å². The maximum atomic E-state index is 13.6. The summed E-state index contributed by atoms with van der Waals surface area (Å²) in [6.45, 7) is 4.13. The topological polar surface area (TPSA) is 57.4 Å². The smallest absolute Gasteiger partial charge is 0.240 e. The Kier molecular flexibility index (Phi) is 3.85. The molecule has 0 aliphatic carbocycles. The molecular formula is C14H15FN2O2. The molecule has 2 N–H and O–H groups in total. The summed E-state index contributed by atoms with van der Waals surface area (Å²) >= 11 is 0. The molecule has 5 heteroatoms. The minimum absolute atomic E-state index is 0.125. The fraction of sp³-hybridized carbons (Fsp3) is 0.214. The molecule has 0 atom stereocenters. The van der Waals surface area contributed by atoms with E-state index in [1.807, 2.05) is 13.8 Å². The van der Waals surface area contributed by atoms with Gasteiger partial charge in [0.25, 0.3) is 0 Å². The van der Waals surface area contributed by atoms with Crippen molar-refractivity contribution in [1.82, 2.24) is 4.98 Å². The van der Waals surface area contributed by atoms with Gasteiger partial charge in [0, 0.05) is 6.07 Å². The summed E-state index contributed by atoms with van der Waals surface area (Å²) in [6.07, 6.45) is 0. The molecule has 2 rings (SSSR count). The zero-order valence-electron chi connectivity index (χ0n) is 10.8. The van der Waals surface area contributed by atoms with Gasteiger partial charge in [0.15, 0.2) is 11.6 Å². The van der Waals surface area contributed by atoms with E-state index in [1.165, 1.54) is 6.07 Å². The largest absolute Gasteiger partial charge is 0.476 e. The average Bonchev–Trinajstić information content (AvgIpc) is 2.38. The molecule has 0 fully saturated rings. The number of nitrogens with zero attached hydrogens (tertiary/aromatic N) is 1. The number of rotatable bonds is 4. The average molecular weight is 262 g/mol. The molecule has 0 aliphatic rings. The highest BCUT2D eigenvalue weighted by Gasteiger charge is 2.09. The Morgan fingerprint density at radius 2 is 2.05 bits per heavy atom. The lowest BCUT2D eigenvalue weighted by molar-refractivity contribution is 0.322.